The van der Waals surface area contributed by atoms with Crippen LogP contribution in [0.1, 0.15) is 6.42 Å². The third-order valence-corrected chi connectivity index (χ3v) is 1.95. The number of rotatable bonds is 3. The van der Waals surface area contributed by atoms with Crippen LogP contribution in [-0.2, 0) is 4.74 Å². The van der Waals surface area contributed by atoms with Gasteiger partial charge in [0.15, 0.2) is 0 Å². The molecule has 1 saturated heterocycles. The molecule has 1 aliphatic heterocycles. The summed E-state index contributed by atoms with van der Waals surface area (Å²) in [5, 5.41) is 8.39. The molecule has 0 saturated carbocycles. The molecule has 78 valence electrons. The first-order valence-corrected chi connectivity index (χ1v) is 4.08. The number of nitrogens with zero attached hydrogens (tertiary/aromatic N) is 1. The van der Waals surface area contributed by atoms with Crippen molar-refractivity contribution < 1.29 is 23.0 Å². The maximum absolute atomic E-state index is 12.1. The van der Waals surface area contributed by atoms with Gasteiger partial charge in [-0.2, -0.15) is 13.2 Å². The van der Waals surface area contributed by atoms with E-state index in [1.165, 1.54) is 0 Å². The normalized spacial score (nSPS) is 25.4. The van der Waals surface area contributed by atoms with Crippen molar-refractivity contribution in [3.63, 3.8) is 0 Å². The van der Waals surface area contributed by atoms with Crippen LogP contribution in [0.15, 0.2) is 0 Å². The molecule has 1 fully saturated rings. The van der Waals surface area contributed by atoms with Gasteiger partial charge in [-0.3, -0.25) is 0 Å². The Labute approximate surface area is 74.1 Å². The number of aliphatic hydroxyl groups excluding tert-OH is 1. The van der Waals surface area contributed by atoms with Crippen LogP contribution in [0, 0.1) is 0 Å². The van der Waals surface area contributed by atoms with Gasteiger partial charge in [0, 0.05) is 13.1 Å². The molecule has 0 aromatic rings. The van der Waals surface area contributed by atoms with Crippen LogP contribution in [-0.4, -0.2) is 48.7 Å². The summed E-state index contributed by atoms with van der Waals surface area (Å²) < 4.78 is 41.2. The summed E-state index contributed by atoms with van der Waals surface area (Å²) in [5.41, 5.74) is 0. The minimum Gasteiger partial charge on any atom is -0.394 e. The van der Waals surface area contributed by atoms with Crippen LogP contribution >= 0.6 is 0 Å². The number of likely N-dealkylation sites (tertiary alicyclic amines) is 1. The third-order valence-electron chi connectivity index (χ3n) is 1.95. The lowest BCUT2D eigenvalue weighted by molar-refractivity contribution is -0.240. The Morgan fingerprint density at radius 3 is 2.62 bits per heavy atom. The minimum atomic E-state index is -4.25. The zero-order valence-corrected chi connectivity index (χ0v) is 7.05. The largest absolute Gasteiger partial charge is 0.460 e. The smallest absolute Gasteiger partial charge is 0.394 e. The van der Waals surface area contributed by atoms with Gasteiger partial charge in [-0.05, 0) is 6.42 Å². The molecule has 0 aromatic heterocycles. The van der Waals surface area contributed by atoms with Crippen molar-refractivity contribution in [2.75, 3.05) is 26.3 Å². The SMILES string of the molecule is OCCO[C@H]1CCN(C(F)(F)F)C1. The lowest BCUT2D eigenvalue weighted by Crippen LogP contribution is -2.36. The highest BCUT2D eigenvalue weighted by Crippen LogP contribution is 2.26. The molecule has 3 nitrogen and oxygen atoms in total. The highest BCUT2D eigenvalue weighted by atomic mass is 19.4. The summed E-state index contributed by atoms with van der Waals surface area (Å²) in [7, 11) is 0. The van der Waals surface area contributed by atoms with Gasteiger partial charge in [-0.15, -0.1) is 0 Å². The number of hydrogen-bond acceptors (Lipinski definition) is 3. The van der Waals surface area contributed by atoms with E-state index in [9.17, 15) is 13.2 Å². The van der Waals surface area contributed by atoms with Gasteiger partial charge in [-0.1, -0.05) is 0 Å². The molecular weight excluding hydrogens is 187 g/mol. The molecule has 13 heavy (non-hydrogen) atoms. The van der Waals surface area contributed by atoms with Crippen molar-refractivity contribution in [2.24, 2.45) is 0 Å². The van der Waals surface area contributed by atoms with E-state index in [1.54, 1.807) is 0 Å². The molecule has 0 aromatic carbocycles. The van der Waals surface area contributed by atoms with E-state index in [4.69, 9.17) is 9.84 Å². The maximum atomic E-state index is 12.1. The molecule has 6 heteroatoms. The molecule has 1 N–H and O–H groups in total. The van der Waals surface area contributed by atoms with Gasteiger partial charge < -0.3 is 9.84 Å². The molecule has 0 radical (unpaired) electrons. The fraction of sp³-hybridized carbons (Fsp3) is 1.00. The monoisotopic (exact) mass is 199 g/mol. The standard InChI is InChI=1S/C7H12F3NO2/c8-7(9,10)11-2-1-6(5-11)13-4-3-12/h6,12H,1-5H2/t6-/m0/s1. The third kappa shape index (κ3) is 3.13. The molecule has 1 rings (SSSR count). The fourth-order valence-corrected chi connectivity index (χ4v) is 1.31. The topological polar surface area (TPSA) is 32.7 Å². The van der Waals surface area contributed by atoms with Crippen molar-refractivity contribution in [1.29, 1.82) is 0 Å². The highest BCUT2D eigenvalue weighted by molar-refractivity contribution is 4.77. The second-order valence-electron chi connectivity index (χ2n) is 2.92. The summed E-state index contributed by atoms with van der Waals surface area (Å²) in [5.74, 6) is 0. The van der Waals surface area contributed by atoms with E-state index < -0.39 is 12.4 Å². The van der Waals surface area contributed by atoms with Crippen molar-refractivity contribution >= 4 is 0 Å². The highest BCUT2D eigenvalue weighted by Gasteiger charge is 2.41. The molecule has 0 amide bonds. The maximum Gasteiger partial charge on any atom is 0.460 e. The molecule has 0 bridgehead atoms. The fourth-order valence-electron chi connectivity index (χ4n) is 1.31. The molecule has 1 aliphatic rings. The van der Waals surface area contributed by atoms with Crippen LogP contribution in [0.3, 0.4) is 0 Å². The Morgan fingerprint density at radius 2 is 2.15 bits per heavy atom. The summed E-state index contributed by atoms with van der Waals surface area (Å²) in [6.07, 6.45) is -4.27. The summed E-state index contributed by atoms with van der Waals surface area (Å²) in [4.78, 5) is 0.426. The van der Waals surface area contributed by atoms with Crippen LogP contribution < -0.4 is 0 Å². The van der Waals surface area contributed by atoms with Gasteiger partial charge in [-0.25, -0.2) is 4.90 Å². The van der Waals surface area contributed by atoms with E-state index in [0.29, 0.717) is 11.3 Å². The first-order chi connectivity index (χ1) is 6.04. The van der Waals surface area contributed by atoms with Gasteiger partial charge in [0.1, 0.15) is 0 Å². The van der Waals surface area contributed by atoms with E-state index in [2.05, 4.69) is 0 Å². The average molecular weight is 199 g/mol. The van der Waals surface area contributed by atoms with E-state index >= 15 is 0 Å². The lowest BCUT2D eigenvalue weighted by atomic mass is 10.3. The van der Waals surface area contributed by atoms with Crippen molar-refractivity contribution in [1.82, 2.24) is 4.90 Å². The number of hydrogen-bond donors (Lipinski definition) is 1. The number of aliphatic hydroxyl groups is 1. The summed E-state index contributed by atoms with van der Waals surface area (Å²) >= 11 is 0. The van der Waals surface area contributed by atoms with Crippen molar-refractivity contribution in [2.45, 2.75) is 18.8 Å². The Kier molecular flexibility index (Phi) is 3.52. The summed E-state index contributed by atoms with van der Waals surface area (Å²) in [6.45, 7) is -0.179. The Hall–Kier alpha value is -0.330. The number of halogens is 3. The van der Waals surface area contributed by atoms with Gasteiger partial charge in [0.25, 0.3) is 0 Å². The molecular formula is C7H12F3NO2. The van der Waals surface area contributed by atoms with E-state index in [0.717, 1.165) is 0 Å². The predicted octanol–water partition coefficient (Wildman–Crippen LogP) is 0.589. The van der Waals surface area contributed by atoms with Crippen LogP contribution in [0.4, 0.5) is 13.2 Å². The summed E-state index contributed by atoms with van der Waals surface area (Å²) in [6, 6.07) is 0. The van der Waals surface area contributed by atoms with Crippen molar-refractivity contribution in [3.8, 4) is 0 Å². The minimum absolute atomic E-state index is 0.0143. The zero-order chi connectivity index (χ0) is 9.90. The quantitative estimate of drug-likeness (QED) is 0.675. The molecule has 1 atom stereocenters. The van der Waals surface area contributed by atoms with Crippen LogP contribution in [0.25, 0.3) is 0 Å². The predicted molar refractivity (Wildman–Crippen MR) is 39.1 cm³/mol. The van der Waals surface area contributed by atoms with Gasteiger partial charge in [0.05, 0.1) is 19.3 Å². The Balaban J connectivity index is 2.28. The second-order valence-corrected chi connectivity index (χ2v) is 2.92. The first kappa shape index (κ1) is 10.7. The van der Waals surface area contributed by atoms with Crippen LogP contribution in [0.2, 0.25) is 0 Å². The first-order valence-electron chi connectivity index (χ1n) is 4.08. The van der Waals surface area contributed by atoms with Crippen LogP contribution in [0.5, 0.6) is 0 Å². The lowest BCUT2D eigenvalue weighted by Gasteiger charge is -2.18. The van der Waals surface area contributed by atoms with E-state index in [-0.39, 0.29) is 26.3 Å². The zero-order valence-electron chi connectivity index (χ0n) is 7.05. The number of alkyl halides is 3. The molecule has 0 aliphatic carbocycles. The van der Waals surface area contributed by atoms with Crippen molar-refractivity contribution in [3.05, 3.63) is 0 Å². The Morgan fingerprint density at radius 1 is 1.46 bits per heavy atom. The average Bonchev–Trinajstić information content (AvgIpc) is 2.47. The number of ether oxygens (including phenoxy) is 1. The Bertz CT molecular complexity index is 162. The molecule has 1 heterocycles. The van der Waals surface area contributed by atoms with Gasteiger partial charge in [0.2, 0.25) is 0 Å². The van der Waals surface area contributed by atoms with Gasteiger partial charge >= 0.3 is 6.30 Å². The molecule has 0 spiro atoms. The second kappa shape index (κ2) is 4.26. The van der Waals surface area contributed by atoms with E-state index in [1.807, 2.05) is 0 Å². The molecule has 0 unspecified atom stereocenters.